The van der Waals surface area contributed by atoms with Crippen LogP contribution in [0.5, 0.6) is 0 Å². The molecule has 0 radical (unpaired) electrons. The molecule has 2 heteroatoms. The van der Waals surface area contributed by atoms with Gasteiger partial charge in [-0.05, 0) is 73.0 Å². The zero-order valence-electron chi connectivity index (χ0n) is 20.1. The number of halogens is 1. The van der Waals surface area contributed by atoms with Crippen molar-refractivity contribution >= 4 is 11.6 Å². The second kappa shape index (κ2) is 8.10. The molecule has 2 aromatic carbocycles. The lowest BCUT2D eigenvalue weighted by Gasteiger charge is -2.48. The van der Waals surface area contributed by atoms with Crippen molar-refractivity contribution in [2.75, 3.05) is 0 Å². The lowest BCUT2D eigenvalue weighted by Crippen LogP contribution is -2.45. The van der Waals surface area contributed by atoms with E-state index in [9.17, 15) is 0 Å². The number of hydrogen-bond donors (Lipinski definition) is 0. The largest absolute Gasteiger partial charge is 0.374 e. The van der Waals surface area contributed by atoms with Crippen LogP contribution in [0.3, 0.4) is 0 Å². The summed E-state index contributed by atoms with van der Waals surface area (Å²) >= 11 is 6.66. The molecule has 1 aliphatic heterocycles. The Morgan fingerprint density at radius 1 is 0.971 bits per heavy atom. The van der Waals surface area contributed by atoms with Gasteiger partial charge < -0.3 is 4.74 Å². The van der Waals surface area contributed by atoms with E-state index in [0.717, 1.165) is 19.3 Å². The highest BCUT2D eigenvalue weighted by Gasteiger charge is 2.60. The van der Waals surface area contributed by atoms with E-state index in [1.165, 1.54) is 24.8 Å². The zero-order valence-corrected chi connectivity index (χ0v) is 20.8. The van der Waals surface area contributed by atoms with Crippen LogP contribution >= 0.6 is 11.6 Å². The number of fused-ring (bicyclic) bond motifs is 6. The number of alkyl halides is 1. The minimum absolute atomic E-state index is 0.0987. The molecule has 2 aromatic rings. The van der Waals surface area contributed by atoms with Crippen molar-refractivity contribution in [3.05, 3.63) is 95.1 Å². The third-order valence-corrected chi connectivity index (χ3v) is 10.3. The number of ether oxygens (including phenoxy) is 1. The molecule has 34 heavy (non-hydrogen) atoms. The minimum Gasteiger partial charge on any atom is -0.374 e. The summed E-state index contributed by atoms with van der Waals surface area (Å²) in [7, 11) is 0. The van der Waals surface area contributed by atoms with Gasteiger partial charge >= 0.3 is 0 Å². The SMILES string of the molecule is C[C@H]1CC=C(C2(c3ccccc3)c3ccccc3C3CCC=CC32)C2C3CCC(Cl)CC3OC21. The van der Waals surface area contributed by atoms with Crippen LogP contribution < -0.4 is 0 Å². The van der Waals surface area contributed by atoms with Crippen molar-refractivity contribution in [1.82, 2.24) is 0 Å². The van der Waals surface area contributed by atoms with E-state index >= 15 is 0 Å². The molecule has 4 aliphatic carbocycles. The fourth-order valence-electron chi connectivity index (χ4n) is 8.65. The van der Waals surface area contributed by atoms with Crippen LogP contribution in [0, 0.1) is 23.7 Å². The molecule has 0 amide bonds. The van der Waals surface area contributed by atoms with Crippen molar-refractivity contribution in [3.63, 3.8) is 0 Å². The van der Waals surface area contributed by atoms with Gasteiger partial charge in [-0.15, -0.1) is 11.6 Å². The summed E-state index contributed by atoms with van der Waals surface area (Å²) < 4.78 is 6.90. The van der Waals surface area contributed by atoms with Crippen molar-refractivity contribution < 1.29 is 4.74 Å². The van der Waals surface area contributed by atoms with E-state index in [2.05, 4.69) is 79.7 Å². The predicted molar refractivity (Wildman–Crippen MR) is 139 cm³/mol. The molecular formula is C32H35ClO. The Labute approximate surface area is 209 Å². The number of benzene rings is 2. The maximum Gasteiger partial charge on any atom is 0.0676 e. The Hall–Kier alpha value is -1.83. The fraction of sp³-hybridized carbons (Fsp3) is 0.500. The maximum absolute atomic E-state index is 6.90. The Morgan fingerprint density at radius 2 is 1.79 bits per heavy atom. The molecule has 0 spiro atoms. The fourth-order valence-corrected chi connectivity index (χ4v) is 8.96. The third kappa shape index (κ3) is 2.89. The lowest BCUT2D eigenvalue weighted by molar-refractivity contribution is -0.00951. The molecule has 1 saturated heterocycles. The highest BCUT2D eigenvalue weighted by molar-refractivity contribution is 6.20. The van der Waals surface area contributed by atoms with Crippen molar-refractivity contribution in [3.8, 4) is 0 Å². The molecular weight excluding hydrogens is 436 g/mol. The summed E-state index contributed by atoms with van der Waals surface area (Å²) in [4.78, 5) is 0. The number of allylic oxidation sites excluding steroid dienone is 3. The van der Waals surface area contributed by atoms with Crippen LogP contribution in [-0.2, 0) is 10.2 Å². The summed E-state index contributed by atoms with van der Waals surface area (Å²) in [5.74, 6) is 2.71. The molecule has 8 unspecified atom stereocenters. The van der Waals surface area contributed by atoms with Crippen LogP contribution in [0.25, 0.3) is 0 Å². The van der Waals surface area contributed by atoms with Crippen LogP contribution in [0.4, 0.5) is 0 Å². The lowest BCUT2D eigenvalue weighted by atomic mass is 9.55. The van der Waals surface area contributed by atoms with E-state index in [4.69, 9.17) is 16.3 Å². The molecule has 1 nitrogen and oxygen atoms in total. The molecule has 9 atom stereocenters. The average Bonchev–Trinajstić information content (AvgIpc) is 3.40. The van der Waals surface area contributed by atoms with Gasteiger partial charge in [0.2, 0.25) is 0 Å². The van der Waals surface area contributed by atoms with Crippen LogP contribution in [0.1, 0.15) is 68.1 Å². The zero-order chi connectivity index (χ0) is 22.9. The summed E-state index contributed by atoms with van der Waals surface area (Å²) in [5.41, 5.74) is 6.16. The standard InChI is InChI=1S/C32H35ClO/c1-20-15-18-28(30-25-17-16-22(33)19-29(25)34-31(20)30)32(21-9-3-2-4-10-21)26-13-7-5-11-23(26)24-12-6-8-14-27(24)32/h2-5,7-11,13-14,18,20,22,24-25,27,29-31H,6,12,15-17,19H2,1H3/t20-,22?,24?,25?,27?,29?,30?,31?,32?/m0/s1. The van der Waals surface area contributed by atoms with Crippen LogP contribution in [0.2, 0.25) is 0 Å². The number of hydrogen-bond acceptors (Lipinski definition) is 1. The third-order valence-electron chi connectivity index (χ3n) is 9.95. The normalized spacial score (nSPS) is 42.4. The Balaban J connectivity index is 1.48. The quantitative estimate of drug-likeness (QED) is 0.321. The summed E-state index contributed by atoms with van der Waals surface area (Å²) in [6, 6.07) is 20.9. The molecule has 7 rings (SSSR count). The van der Waals surface area contributed by atoms with Gasteiger partial charge in [-0.25, -0.2) is 0 Å². The second-order valence-corrected chi connectivity index (χ2v) is 12.1. The first kappa shape index (κ1) is 21.5. The highest BCUT2D eigenvalue weighted by Crippen LogP contribution is 2.65. The van der Waals surface area contributed by atoms with Gasteiger partial charge in [0.1, 0.15) is 0 Å². The molecule has 0 N–H and O–H groups in total. The number of rotatable bonds is 2. The highest BCUT2D eigenvalue weighted by atomic mass is 35.5. The smallest absolute Gasteiger partial charge is 0.0676 e. The van der Waals surface area contributed by atoms with Crippen LogP contribution in [-0.4, -0.2) is 17.6 Å². The molecule has 2 fully saturated rings. The molecule has 0 bridgehead atoms. The van der Waals surface area contributed by atoms with Gasteiger partial charge in [-0.1, -0.05) is 85.3 Å². The van der Waals surface area contributed by atoms with E-state index in [-0.39, 0.29) is 10.8 Å². The van der Waals surface area contributed by atoms with Crippen molar-refractivity contribution in [2.45, 2.75) is 74.4 Å². The predicted octanol–water partition coefficient (Wildman–Crippen LogP) is 7.79. The van der Waals surface area contributed by atoms with Crippen molar-refractivity contribution in [2.24, 2.45) is 23.7 Å². The van der Waals surface area contributed by atoms with Crippen LogP contribution in [0.15, 0.2) is 78.4 Å². The first-order valence-electron chi connectivity index (χ1n) is 13.5. The molecule has 1 saturated carbocycles. The molecule has 0 aromatic heterocycles. The Kier molecular flexibility index (Phi) is 5.11. The Morgan fingerprint density at radius 3 is 2.68 bits per heavy atom. The van der Waals surface area contributed by atoms with E-state index in [0.29, 0.717) is 41.8 Å². The monoisotopic (exact) mass is 470 g/mol. The topological polar surface area (TPSA) is 9.23 Å². The summed E-state index contributed by atoms with van der Waals surface area (Å²) in [5, 5.41) is 0.269. The molecule has 176 valence electrons. The van der Waals surface area contributed by atoms with Gasteiger partial charge in [0.25, 0.3) is 0 Å². The maximum atomic E-state index is 6.90. The average molecular weight is 471 g/mol. The van der Waals surface area contributed by atoms with E-state index in [1.807, 2.05) is 0 Å². The molecule has 1 heterocycles. The van der Waals surface area contributed by atoms with Gasteiger partial charge in [0.15, 0.2) is 0 Å². The van der Waals surface area contributed by atoms with Gasteiger partial charge in [-0.2, -0.15) is 0 Å². The second-order valence-electron chi connectivity index (χ2n) is 11.5. The van der Waals surface area contributed by atoms with E-state index < -0.39 is 0 Å². The minimum atomic E-state index is -0.0987. The summed E-state index contributed by atoms with van der Waals surface area (Å²) in [6.45, 7) is 2.40. The van der Waals surface area contributed by atoms with Gasteiger partial charge in [0, 0.05) is 22.6 Å². The van der Waals surface area contributed by atoms with Crippen molar-refractivity contribution in [1.29, 1.82) is 0 Å². The summed E-state index contributed by atoms with van der Waals surface area (Å²) in [6.07, 6.45) is 15.2. The first-order valence-corrected chi connectivity index (χ1v) is 13.9. The first-order chi connectivity index (χ1) is 16.7. The molecule has 5 aliphatic rings. The van der Waals surface area contributed by atoms with Gasteiger partial charge in [0.05, 0.1) is 12.2 Å². The van der Waals surface area contributed by atoms with Gasteiger partial charge in [-0.3, -0.25) is 0 Å². The Bertz CT molecular complexity index is 1130. The van der Waals surface area contributed by atoms with E-state index in [1.54, 1.807) is 16.7 Å².